The van der Waals surface area contributed by atoms with E-state index in [0.717, 1.165) is 0 Å². The van der Waals surface area contributed by atoms with E-state index in [1.165, 1.54) is 19.2 Å². The molecule has 0 unspecified atom stereocenters. The number of hydrogen-bond acceptors (Lipinski definition) is 5. The van der Waals surface area contributed by atoms with Gasteiger partial charge in [0.2, 0.25) is 0 Å². The minimum atomic E-state index is -0.369. The molecule has 0 atom stereocenters. The Hall–Kier alpha value is -2.76. The lowest BCUT2D eigenvalue weighted by molar-refractivity contribution is 0.102. The number of pyridine rings is 1. The molecule has 2 rings (SSSR count). The molecule has 96 valence electrons. The number of ether oxygens (including phenoxy) is 1. The molecule has 0 radical (unpaired) electrons. The van der Waals surface area contributed by atoms with Crippen LogP contribution in [0.3, 0.4) is 0 Å². The van der Waals surface area contributed by atoms with Crippen molar-refractivity contribution in [2.24, 2.45) is 5.18 Å². The number of aromatic nitrogens is 1. The van der Waals surface area contributed by atoms with E-state index in [1.807, 2.05) is 0 Å². The molecule has 6 heteroatoms. The third-order valence-electron chi connectivity index (χ3n) is 2.45. The summed E-state index contributed by atoms with van der Waals surface area (Å²) in [6, 6.07) is 9.60. The first kappa shape index (κ1) is 12.7. The summed E-state index contributed by atoms with van der Waals surface area (Å²) in [5.41, 5.74) is 0.386. The van der Waals surface area contributed by atoms with Gasteiger partial charge in [0, 0.05) is 11.8 Å². The first-order valence-corrected chi connectivity index (χ1v) is 5.48. The number of carbonyl (C=O) groups excluding carboxylic acids is 1. The van der Waals surface area contributed by atoms with E-state index in [1.54, 1.807) is 30.5 Å². The number of anilines is 1. The molecule has 0 spiro atoms. The molecule has 1 N–H and O–H groups in total. The summed E-state index contributed by atoms with van der Waals surface area (Å²) < 4.78 is 4.95. The van der Waals surface area contributed by atoms with Gasteiger partial charge in [-0.25, -0.2) is 4.98 Å². The second-order valence-electron chi connectivity index (χ2n) is 3.65. The Morgan fingerprint density at radius 2 is 2.16 bits per heavy atom. The minimum Gasteiger partial charge on any atom is -0.494 e. The number of nitrogens with one attached hydrogen (secondary N) is 1. The van der Waals surface area contributed by atoms with Crippen LogP contribution in [-0.2, 0) is 0 Å². The van der Waals surface area contributed by atoms with Crippen molar-refractivity contribution in [1.29, 1.82) is 0 Å². The highest BCUT2D eigenvalue weighted by Gasteiger charge is 2.11. The molecule has 0 saturated carbocycles. The standard InChI is InChI=1S/C13H11N3O3/c1-19-11-6-5-9(8-10(11)16-18)13(17)15-12-4-2-3-7-14-12/h2-8H,1H3,(H,14,15,17). The lowest BCUT2D eigenvalue weighted by atomic mass is 10.1. The zero-order valence-electron chi connectivity index (χ0n) is 10.2. The summed E-state index contributed by atoms with van der Waals surface area (Å²) in [6.07, 6.45) is 1.57. The quantitative estimate of drug-likeness (QED) is 0.854. The number of rotatable bonds is 4. The van der Waals surface area contributed by atoms with Gasteiger partial charge < -0.3 is 10.1 Å². The maximum Gasteiger partial charge on any atom is 0.256 e. The molecule has 0 aliphatic heterocycles. The van der Waals surface area contributed by atoms with Gasteiger partial charge in [-0.1, -0.05) is 6.07 Å². The molecule has 0 aliphatic carbocycles. The van der Waals surface area contributed by atoms with Crippen LogP contribution in [0.4, 0.5) is 11.5 Å². The molecule has 19 heavy (non-hydrogen) atoms. The fraction of sp³-hybridized carbons (Fsp3) is 0.0769. The molecule has 0 bridgehead atoms. The Morgan fingerprint density at radius 3 is 2.79 bits per heavy atom. The zero-order valence-corrected chi connectivity index (χ0v) is 10.2. The van der Waals surface area contributed by atoms with Gasteiger partial charge in [-0.2, -0.15) is 0 Å². The summed E-state index contributed by atoms with van der Waals surface area (Å²) in [6.45, 7) is 0. The first-order valence-electron chi connectivity index (χ1n) is 5.48. The number of hydrogen-bond donors (Lipinski definition) is 1. The summed E-state index contributed by atoms with van der Waals surface area (Å²) >= 11 is 0. The van der Waals surface area contributed by atoms with Crippen molar-refractivity contribution in [3.63, 3.8) is 0 Å². The fourth-order valence-electron chi connectivity index (χ4n) is 1.53. The molecular formula is C13H11N3O3. The zero-order chi connectivity index (χ0) is 13.7. The average Bonchev–Trinajstić information content (AvgIpc) is 2.47. The van der Waals surface area contributed by atoms with Crippen LogP contribution in [0.1, 0.15) is 10.4 Å². The minimum absolute atomic E-state index is 0.0798. The SMILES string of the molecule is COc1ccc(C(=O)Nc2ccccn2)cc1N=O. The van der Waals surface area contributed by atoms with Crippen LogP contribution >= 0.6 is 0 Å². The summed E-state index contributed by atoms with van der Waals surface area (Å²) in [5, 5.41) is 5.43. The number of benzene rings is 1. The van der Waals surface area contributed by atoms with Crippen molar-refractivity contribution in [1.82, 2.24) is 4.98 Å². The Bertz CT molecular complexity index is 599. The molecule has 1 amide bonds. The van der Waals surface area contributed by atoms with Gasteiger partial charge in [0.1, 0.15) is 11.6 Å². The van der Waals surface area contributed by atoms with Crippen molar-refractivity contribution in [2.45, 2.75) is 0 Å². The largest absolute Gasteiger partial charge is 0.494 e. The molecule has 1 aromatic carbocycles. The van der Waals surface area contributed by atoms with Crippen LogP contribution in [0.5, 0.6) is 5.75 Å². The van der Waals surface area contributed by atoms with E-state index in [0.29, 0.717) is 17.1 Å². The topological polar surface area (TPSA) is 80.7 Å². The summed E-state index contributed by atoms with van der Waals surface area (Å²) in [4.78, 5) is 26.6. The van der Waals surface area contributed by atoms with Gasteiger partial charge in [0.05, 0.1) is 7.11 Å². The van der Waals surface area contributed by atoms with E-state index in [4.69, 9.17) is 4.74 Å². The van der Waals surface area contributed by atoms with Crippen molar-refractivity contribution < 1.29 is 9.53 Å². The second kappa shape index (κ2) is 5.72. The smallest absolute Gasteiger partial charge is 0.256 e. The van der Waals surface area contributed by atoms with Gasteiger partial charge in [-0.3, -0.25) is 4.79 Å². The lowest BCUT2D eigenvalue weighted by Gasteiger charge is -2.06. The van der Waals surface area contributed by atoms with Gasteiger partial charge in [-0.15, -0.1) is 4.91 Å². The van der Waals surface area contributed by atoms with Crippen LogP contribution in [-0.4, -0.2) is 18.0 Å². The van der Waals surface area contributed by atoms with Crippen molar-refractivity contribution in [2.75, 3.05) is 12.4 Å². The molecule has 6 nitrogen and oxygen atoms in total. The van der Waals surface area contributed by atoms with Gasteiger partial charge in [0.15, 0.2) is 5.69 Å². The maximum atomic E-state index is 11.9. The van der Waals surface area contributed by atoms with E-state index in [2.05, 4.69) is 15.5 Å². The number of nitrogens with zero attached hydrogens (tertiary/aromatic N) is 2. The Kier molecular flexibility index (Phi) is 3.82. The maximum absolute atomic E-state index is 11.9. The van der Waals surface area contributed by atoms with Crippen molar-refractivity contribution in [3.8, 4) is 5.75 Å². The summed E-state index contributed by atoms with van der Waals surface area (Å²) in [7, 11) is 1.43. The predicted octanol–water partition coefficient (Wildman–Crippen LogP) is 2.74. The van der Waals surface area contributed by atoms with Crippen LogP contribution in [0.25, 0.3) is 0 Å². The number of carbonyl (C=O) groups is 1. The molecule has 0 fully saturated rings. The Balaban J connectivity index is 2.22. The fourth-order valence-corrected chi connectivity index (χ4v) is 1.53. The van der Waals surface area contributed by atoms with Crippen LogP contribution in [0, 0.1) is 4.91 Å². The van der Waals surface area contributed by atoms with Gasteiger partial charge in [0.25, 0.3) is 5.91 Å². The molecule has 0 saturated heterocycles. The van der Waals surface area contributed by atoms with E-state index < -0.39 is 0 Å². The predicted molar refractivity (Wildman–Crippen MR) is 70.6 cm³/mol. The highest BCUT2D eigenvalue weighted by molar-refractivity contribution is 6.04. The normalized spacial score (nSPS) is 9.74. The van der Waals surface area contributed by atoms with Gasteiger partial charge in [-0.05, 0) is 35.5 Å². The average molecular weight is 257 g/mol. The Morgan fingerprint density at radius 1 is 1.32 bits per heavy atom. The number of nitroso groups, excluding NO2 is 1. The lowest BCUT2D eigenvalue weighted by Crippen LogP contribution is -2.12. The summed E-state index contributed by atoms with van der Waals surface area (Å²) in [5.74, 6) is 0.388. The van der Waals surface area contributed by atoms with Crippen LogP contribution in [0.15, 0.2) is 47.8 Å². The van der Waals surface area contributed by atoms with E-state index in [-0.39, 0.29) is 11.6 Å². The molecule has 2 aromatic rings. The number of amides is 1. The van der Waals surface area contributed by atoms with Crippen molar-refractivity contribution >= 4 is 17.4 Å². The number of methoxy groups -OCH3 is 1. The first-order chi connectivity index (χ1) is 9.24. The van der Waals surface area contributed by atoms with E-state index >= 15 is 0 Å². The van der Waals surface area contributed by atoms with Crippen molar-refractivity contribution in [3.05, 3.63) is 53.1 Å². The highest BCUT2D eigenvalue weighted by atomic mass is 16.5. The molecular weight excluding hydrogens is 246 g/mol. The van der Waals surface area contributed by atoms with Crippen LogP contribution < -0.4 is 10.1 Å². The van der Waals surface area contributed by atoms with Gasteiger partial charge >= 0.3 is 0 Å². The monoisotopic (exact) mass is 257 g/mol. The highest BCUT2D eigenvalue weighted by Crippen LogP contribution is 2.28. The second-order valence-corrected chi connectivity index (χ2v) is 3.65. The molecule has 0 aliphatic rings. The van der Waals surface area contributed by atoms with Crippen LogP contribution in [0.2, 0.25) is 0 Å². The molecule has 1 aromatic heterocycles. The third kappa shape index (κ3) is 2.92. The Labute approximate surface area is 109 Å². The van der Waals surface area contributed by atoms with E-state index in [9.17, 15) is 9.70 Å². The third-order valence-corrected chi connectivity index (χ3v) is 2.45. The molecule has 1 heterocycles.